The molecule has 134 valence electrons. The fraction of sp³-hybridized carbons (Fsp3) is 0.294. The SMILES string of the molecule is CC1=NN(Cc2ccc(F)cc2)c2nc3c(c(=O)n(C)c(=O)n3C)n2C1. The molecule has 26 heavy (non-hydrogen) atoms. The molecule has 0 radical (unpaired) electrons. The number of aromatic nitrogens is 4. The predicted octanol–water partition coefficient (Wildman–Crippen LogP) is 0.969. The molecule has 1 aromatic carbocycles. The minimum Gasteiger partial charge on any atom is -0.297 e. The first-order valence-corrected chi connectivity index (χ1v) is 8.09. The van der Waals surface area contributed by atoms with Crippen LogP contribution in [-0.4, -0.2) is 24.4 Å². The first-order valence-electron chi connectivity index (χ1n) is 8.09. The highest BCUT2D eigenvalue weighted by Gasteiger charge is 2.26. The van der Waals surface area contributed by atoms with Crippen molar-refractivity contribution in [2.24, 2.45) is 19.2 Å². The second-order valence-electron chi connectivity index (χ2n) is 6.40. The van der Waals surface area contributed by atoms with E-state index in [0.717, 1.165) is 15.8 Å². The van der Waals surface area contributed by atoms with Crippen LogP contribution in [0.15, 0.2) is 39.0 Å². The zero-order valence-electron chi connectivity index (χ0n) is 14.6. The lowest BCUT2D eigenvalue weighted by molar-refractivity contribution is 0.626. The summed E-state index contributed by atoms with van der Waals surface area (Å²) in [6.07, 6.45) is 0. The highest BCUT2D eigenvalue weighted by Crippen LogP contribution is 2.25. The molecule has 1 aliphatic rings. The van der Waals surface area contributed by atoms with Gasteiger partial charge in [-0.15, -0.1) is 0 Å². The number of anilines is 1. The number of fused-ring (bicyclic) bond motifs is 3. The summed E-state index contributed by atoms with van der Waals surface area (Å²) in [6, 6.07) is 6.13. The number of halogens is 1. The summed E-state index contributed by atoms with van der Waals surface area (Å²) >= 11 is 0. The maximum Gasteiger partial charge on any atom is 0.332 e. The number of hydrogen-bond acceptors (Lipinski definition) is 5. The lowest BCUT2D eigenvalue weighted by Gasteiger charge is -2.24. The van der Waals surface area contributed by atoms with E-state index in [0.29, 0.717) is 30.2 Å². The number of nitrogens with zero attached hydrogens (tertiary/aromatic N) is 6. The molecule has 9 heteroatoms. The number of imidazole rings is 1. The fourth-order valence-corrected chi connectivity index (χ4v) is 3.16. The van der Waals surface area contributed by atoms with Crippen LogP contribution in [0.5, 0.6) is 0 Å². The molecule has 3 aromatic rings. The normalized spacial score (nSPS) is 13.8. The van der Waals surface area contributed by atoms with Crippen molar-refractivity contribution in [2.75, 3.05) is 5.01 Å². The monoisotopic (exact) mass is 356 g/mol. The highest BCUT2D eigenvalue weighted by molar-refractivity contribution is 5.87. The van der Waals surface area contributed by atoms with Crippen molar-refractivity contribution in [3.63, 3.8) is 0 Å². The third-order valence-electron chi connectivity index (χ3n) is 4.48. The van der Waals surface area contributed by atoms with Crippen molar-refractivity contribution in [1.29, 1.82) is 0 Å². The first-order chi connectivity index (χ1) is 12.4. The number of hydrazone groups is 1. The smallest absolute Gasteiger partial charge is 0.297 e. The Hall–Kier alpha value is -3.23. The highest BCUT2D eigenvalue weighted by atomic mass is 19.1. The van der Waals surface area contributed by atoms with Gasteiger partial charge in [0, 0.05) is 14.1 Å². The first kappa shape index (κ1) is 16.2. The Balaban J connectivity index is 1.90. The Morgan fingerprint density at radius 3 is 2.50 bits per heavy atom. The van der Waals surface area contributed by atoms with Crippen LogP contribution >= 0.6 is 0 Å². The van der Waals surface area contributed by atoms with Gasteiger partial charge < -0.3 is 0 Å². The summed E-state index contributed by atoms with van der Waals surface area (Å²) in [5.41, 5.74) is 1.52. The summed E-state index contributed by atoms with van der Waals surface area (Å²) in [5.74, 6) is 0.172. The molecule has 2 aromatic heterocycles. The third-order valence-corrected chi connectivity index (χ3v) is 4.48. The number of benzene rings is 1. The van der Waals surface area contributed by atoms with Gasteiger partial charge in [0.05, 0.1) is 18.8 Å². The third kappa shape index (κ3) is 2.35. The molecule has 0 bridgehead atoms. The summed E-state index contributed by atoms with van der Waals surface area (Å²) in [6.45, 7) is 2.65. The van der Waals surface area contributed by atoms with E-state index < -0.39 is 11.2 Å². The van der Waals surface area contributed by atoms with Gasteiger partial charge in [0.15, 0.2) is 11.2 Å². The van der Waals surface area contributed by atoms with Crippen LogP contribution in [0.4, 0.5) is 10.3 Å². The summed E-state index contributed by atoms with van der Waals surface area (Å²) in [4.78, 5) is 29.3. The van der Waals surface area contributed by atoms with Crippen LogP contribution < -0.4 is 16.3 Å². The lowest BCUT2D eigenvalue weighted by Crippen LogP contribution is -2.38. The average Bonchev–Trinajstić information content (AvgIpc) is 2.99. The Kier molecular flexibility index (Phi) is 3.53. The van der Waals surface area contributed by atoms with Crippen LogP contribution in [0, 0.1) is 5.82 Å². The topological polar surface area (TPSA) is 77.4 Å². The molecule has 0 saturated heterocycles. The van der Waals surface area contributed by atoms with Crippen LogP contribution in [0.2, 0.25) is 0 Å². The van der Waals surface area contributed by atoms with Gasteiger partial charge in [-0.2, -0.15) is 10.1 Å². The van der Waals surface area contributed by atoms with Crippen LogP contribution in [-0.2, 0) is 27.2 Å². The molecule has 0 spiro atoms. The van der Waals surface area contributed by atoms with E-state index in [4.69, 9.17) is 0 Å². The van der Waals surface area contributed by atoms with Crippen molar-refractivity contribution >= 4 is 22.8 Å². The van der Waals surface area contributed by atoms with Crippen molar-refractivity contribution < 1.29 is 4.39 Å². The Bertz CT molecular complexity index is 1170. The molecule has 4 rings (SSSR count). The van der Waals surface area contributed by atoms with E-state index in [1.165, 1.54) is 23.7 Å². The Morgan fingerprint density at radius 2 is 1.81 bits per heavy atom. The molecule has 3 heterocycles. The lowest BCUT2D eigenvalue weighted by atomic mass is 10.2. The molecule has 0 unspecified atom stereocenters. The maximum absolute atomic E-state index is 13.1. The standard InChI is InChI=1S/C17H17FN6O2/c1-10-8-23-13-14(21(2)17(26)22(3)15(13)25)19-16(23)24(20-10)9-11-4-6-12(18)7-5-11/h4-7H,8-9H2,1-3H3. The van der Waals surface area contributed by atoms with Gasteiger partial charge in [-0.25, -0.2) is 14.2 Å². The number of hydrogen-bond donors (Lipinski definition) is 0. The van der Waals surface area contributed by atoms with Crippen LogP contribution in [0.25, 0.3) is 11.2 Å². The molecule has 0 aliphatic carbocycles. The quantitative estimate of drug-likeness (QED) is 0.686. The van der Waals surface area contributed by atoms with Crippen LogP contribution in [0.1, 0.15) is 12.5 Å². The zero-order valence-corrected chi connectivity index (χ0v) is 14.6. The summed E-state index contributed by atoms with van der Waals surface area (Å²) in [5, 5.41) is 6.18. The van der Waals surface area contributed by atoms with E-state index in [9.17, 15) is 14.0 Å². The van der Waals surface area contributed by atoms with Gasteiger partial charge in [0.2, 0.25) is 5.95 Å². The Morgan fingerprint density at radius 1 is 1.12 bits per heavy atom. The molecule has 1 aliphatic heterocycles. The molecule has 0 N–H and O–H groups in total. The van der Waals surface area contributed by atoms with Gasteiger partial charge in [-0.05, 0) is 24.6 Å². The Labute approximate surface area is 147 Å². The average molecular weight is 356 g/mol. The van der Waals surface area contributed by atoms with Crippen molar-refractivity contribution in [3.05, 3.63) is 56.5 Å². The second-order valence-corrected chi connectivity index (χ2v) is 6.40. The van der Waals surface area contributed by atoms with Crippen molar-refractivity contribution in [3.8, 4) is 0 Å². The van der Waals surface area contributed by atoms with Crippen molar-refractivity contribution in [1.82, 2.24) is 18.7 Å². The van der Waals surface area contributed by atoms with Gasteiger partial charge >= 0.3 is 5.69 Å². The largest absolute Gasteiger partial charge is 0.332 e. The van der Waals surface area contributed by atoms with Gasteiger partial charge in [-0.1, -0.05) is 12.1 Å². The van der Waals surface area contributed by atoms with E-state index in [-0.39, 0.29) is 5.82 Å². The molecule has 0 atom stereocenters. The maximum atomic E-state index is 13.1. The van der Waals surface area contributed by atoms with E-state index in [1.807, 2.05) is 6.92 Å². The van der Waals surface area contributed by atoms with Gasteiger partial charge in [-0.3, -0.25) is 18.5 Å². The molecular weight excluding hydrogens is 339 g/mol. The summed E-state index contributed by atoms with van der Waals surface area (Å²) in [7, 11) is 3.03. The molecule has 0 saturated carbocycles. The van der Waals surface area contributed by atoms with E-state index in [2.05, 4.69) is 10.1 Å². The summed E-state index contributed by atoms with van der Waals surface area (Å²) < 4.78 is 17.3. The van der Waals surface area contributed by atoms with Gasteiger partial charge in [0.25, 0.3) is 5.56 Å². The fourth-order valence-electron chi connectivity index (χ4n) is 3.16. The number of rotatable bonds is 2. The van der Waals surface area contributed by atoms with E-state index >= 15 is 0 Å². The number of aryl methyl sites for hydroxylation is 1. The van der Waals surface area contributed by atoms with Crippen molar-refractivity contribution in [2.45, 2.75) is 20.0 Å². The zero-order chi connectivity index (χ0) is 18.6. The second kappa shape index (κ2) is 5.65. The molecular formula is C17H17FN6O2. The predicted molar refractivity (Wildman–Crippen MR) is 95.9 cm³/mol. The molecule has 8 nitrogen and oxygen atoms in total. The molecule has 0 amide bonds. The van der Waals surface area contributed by atoms with Crippen LogP contribution in [0.3, 0.4) is 0 Å². The minimum atomic E-state index is -0.430. The van der Waals surface area contributed by atoms with E-state index in [1.54, 1.807) is 28.8 Å². The van der Waals surface area contributed by atoms with Gasteiger partial charge in [0.1, 0.15) is 5.82 Å². The molecule has 0 fully saturated rings. The minimum absolute atomic E-state index is 0.308.